The first-order chi connectivity index (χ1) is 12.1. The van der Waals surface area contributed by atoms with Crippen LogP contribution in [-0.2, 0) is 17.6 Å². The third-order valence-corrected chi connectivity index (χ3v) is 5.45. The number of hydroxylamine groups is 1. The summed E-state index contributed by atoms with van der Waals surface area (Å²) in [5.41, 5.74) is 5.41. The fourth-order valence-corrected chi connectivity index (χ4v) is 4.15. The lowest BCUT2D eigenvalue weighted by molar-refractivity contribution is -0.117. The maximum absolute atomic E-state index is 12.6. The molecule has 0 saturated carbocycles. The van der Waals surface area contributed by atoms with Gasteiger partial charge in [-0.1, -0.05) is 24.3 Å². The molecular formula is C20H20N2O3. The van der Waals surface area contributed by atoms with Crippen LogP contribution in [0.2, 0.25) is 0 Å². The first-order valence-electron chi connectivity index (χ1n) is 8.52. The number of aryl methyl sites for hydroxylation is 1. The van der Waals surface area contributed by atoms with Crippen LogP contribution in [0.5, 0.6) is 0 Å². The van der Waals surface area contributed by atoms with E-state index in [9.17, 15) is 9.59 Å². The Morgan fingerprint density at radius 2 is 1.88 bits per heavy atom. The molecule has 1 spiro atoms. The van der Waals surface area contributed by atoms with Crippen LogP contribution in [-0.4, -0.2) is 23.6 Å². The second-order valence-corrected chi connectivity index (χ2v) is 7.09. The zero-order valence-electron chi connectivity index (χ0n) is 13.9. The quantitative estimate of drug-likeness (QED) is 0.654. The predicted molar refractivity (Wildman–Crippen MR) is 93.6 cm³/mol. The first kappa shape index (κ1) is 15.8. The van der Waals surface area contributed by atoms with Crippen molar-refractivity contribution < 1.29 is 14.8 Å². The van der Waals surface area contributed by atoms with Crippen molar-refractivity contribution >= 4 is 17.5 Å². The molecule has 128 valence electrons. The van der Waals surface area contributed by atoms with Gasteiger partial charge in [-0.2, -0.15) is 0 Å². The number of benzene rings is 2. The van der Waals surface area contributed by atoms with Crippen LogP contribution >= 0.6 is 0 Å². The lowest BCUT2D eigenvalue weighted by Crippen LogP contribution is -2.33. The summed E-state index contributed by atoms with van der Waals surface area (Å²) in [4.78, 5) is 26.1. The second-order valence-electron chi connectivity index (χ2n) is 7.09. The average Bonchev–Trinajstić information content (AvgIpc) is 2.97. The van der Waals surface area contributed by atoms with E-state index in [4.69, 9.17) is 5.21 Å². The Kier molecular flexibility index (Phi) is 3.81. The summed E-state index contributed by atoms with van der Waals surface area (Å²) in [7, 11) is 0. The fraction of sp³-hybridized carbons (Fsp3) is 0.300. The number of carbonyl (C=O) groups is 2. The van der Waals surface area contributed by atoms with Gasteiger partial charge in [-0.25, -0.2) is 5.48 Å². The third-order valence-electron chi connectivity index (χ3n) is 5.45. The molecule has 2 N–H and O–H groups in total. The molecule has 0 radical (unpaired) electrons. The first-order valence-corrected chi connectivity index (χ1v) is 8.52. The number of anilines is 1. The van der Waals surface area contributed by atoms with Crippen molar-refractivity contribution in [3.8, 4) is 0 Å². The van der Waals surface area contributed by atoms with Gasteiger partial charge in [0.2, 0.25) is 5.91 Å². The SMILES string of the molecule is O=C(NO)c1ccc2c(c1)CC[C@@]1(CC(=O)N(c3ccccc3)C1)C2. The van der Waals surface area contributed by atoms with Crippen LogP contribution in [0.3, 0.4) is 0 Å². The Morgan fingerprint density at radius 1 is 1.08 bits per heavy atom. The molecule has 2 aromatic carbocycles. The van der Waals surface area contributed by atoms with E-state index in [1.54, 1.807) is 11.5 Å². The van der Waals surface area contributed by atoms with E-state index >= 15 is 0 Å². The van der Waals surface area contributed by atoms with Crippen molar-refractivity contribution in [2.24, 2.45) is 5.41 Å². The van der Waals surface area contributed by atoms with E-state index in [0.717, 1.165) is 37.1 Å². The lowest BCUT2D eigenvalue weighted by atomic mass is 9.70. The summed E-state index contributed by atoms with van der Waals surface area (Å²) in [6.45, 7) is 0.744. The number of nitrogens with one attached hydrogen (secondary N) is 1. The van der Waals surface area contributed by atoms with Crippen LogP contribution in [0.1, 0.15) is 34.3 Å². The number of nitrogens with zero attached hydrogens (tertiary/aromatic N) is 1. The van der Waals surface area contributed by atoms with E-state index in [-0.39, 0.29) is 11.3 Å². The standard InChI is InChI=1S/C20H20N2O3/c23-18-12-20(13-22(18)17-4-2-1-3-5-17)9-8-14-10-15(19(24)21-25)6-7-16(14)11-20/h1-7,10,25H,8-9,11-13H2,(H,21,24)/t20-/m0/s1. The number of para-hydroxylation sites is 1. The zero-order chi connectivity index (χ0) is 17.4. The lowest BCUT2D eigenvalue weighted by Gasteiger charge is -2.34. The molecule has 2 aromatic rings. The van der Waals surface area contributed by atoms with E-state index in [1.807, 2.05) is 47.4 Å². The van der Waals surface area contributed by atoms with E-state index < -0.39 is 5.91 Å². The van der Waals surface area contributed by atoms with Gasteiger partial charge in [0, 0.05) is 29.6 Å². The average molecular weight is 336 g/mol. The van der Waals surface area contributed by atoms with Gasteiger partial charge in [-0.15, -0.1) is 0 Å². The molecule has 1 fully saturated rings. The topological polar surface area (TPSA) is 69.6 Å². The minimum atomic E-state index is -0.491. The van der Waals surface area contributed by atoms with Crippen molar-refractivity contribution in [1.29, 1.82) is 0 Å². The predicted octanol–water partition coefficient (Wildman–Crippen LogP) is 2.72. The molecule has 0 unspecified atom stereocenters. The maximum Gasteiger partial charge on any atom is 0.274 e. The molecule has 1 heterocycles. The van der Waals surface area contributed by atoms with E-state index in [0.29, 0.717) is 12.0 Å². The molecule has 1 saturated heterocycles. The van der Waals surface area contributed by atoms with Gasteiger partial charge in [0.25, 0.3) is 5.91 Å². The summed E-state index contributed by atoms with van der Waals surface area (Å²) in [5, 5.41) is 8.78. The van der Waals surface area contributed by atoms with Crippen molar-refractivity contribution in [3.63, 3.8) is 0 Å². The Hall–Kier alpha value is -2.66. The highest BCUT2D eigenvalue weighted by molar-refractivity contribution is 5.96. The molecule has 5 heteroatoms. The van der Waals surface area contributed by atoms with Gasteiger partial charge in [0.15, 0.2) is 0 Å². The highest BCUT2D eigenvalue weighted by Gasteiger charge is 2.45. The molecule has 1 aliphatic carbocycles. The zero-order valence-corrected chi connectivity index (χ0v) is 13.9. The van der Waals surface area contributed by atoms with Crippen molar-refractivity contribution in [3.05, 3.63) is 65.2 Å². The number of hydrogen-bond acceptors (Lipinski definition) is 3. The third kappa shape index (κ3) is 2.81. The maximum atomic E-state index is 12.6. The molecule has 4 rings (SSSR count). The van der Waals surface area contributed by atoms with Gasteiger partial charge in [-0.05, 0) is 54.7 Å². The smallest absolute Gasteiger partial charge is 0.274 e. The molecule has 5 nitrogen and oxygen atoms in total. The normalized spacial score (nSPS) is 22.1. The highest BCUT2D eigenvalue weighted by Crippen LogP contribution is 2.44. The van der Waals surface area contributed by atoms with Gasteiger partial charge in [-0.3, -0.25) is 14.8 Å². The molecule has 0 bridgehead atoms. The number of carbonyl (C=O) groups excluding carboxylic acids is 2. The highest BCUT2D eigenvalue weighted by atomic mass is 16.5. The van der Waals surface area contributed by atoms with Crippen LogP contribution in [0.15, 0.2) is 48.5 Å². The van der Waals surface area contributed by atoms with Crippen LogP contribution in [0.4, 0.5) is 5.69 Å². The Labute approximate surface area is 146 Å². The summed E-state index contributed by atoms with van der Waals surface area (Å²) in [5.74, 6) is -0.305. The van der Waals surface area contributed by atoms with Gasteiger partial charge in [0.05, 0.1) is 0 Å². The molecule has 2 aliphatic rings. The Balaban J connectivity index is 1.58. The number of rotatable bonds is 2. The number of hydrogen-bond donors (Lipinski definition) is 2. The molecule has 2 amide bonds. The molecule has 0 aromatic heterocycles. The van der Waals surface area contributed by atoms with Crippen LogP contribution in [0.25, 0.3) is 0 Å². The summed E-state index contributed by atoms with van der Waals surface area (Å²) >= 11 is 0. The van der Waals surface area contributed by atoms with Gasteiger partial charge < -0.3 is 4.90 Å². The van der Waals surface area contributed by atoms with Crippen molar-refractivity contribution in [2.75, 3.05) is 11.4 Å². The monoisotopic (exact) mass is 336 g/mol. The second kappa shape index (κ2) is 6.01. The molecule has 1 atom stereocenters. The van der Waals surface area contributed by atoms with Crippen molar-refractivity contribution in [1.82, 2.24) is 5.48 Å². The van der Waals surface area contributed by atoms with Gasteiger partial charge >= 0.3 is 0 Å². The molecular weight excluding hydrogens is 316 g/mol. The van der Waals surface area contributed by atoms with Crippen LogP contribution < -0.4 is 10.4 Å². The Morgan fingerprint density at radius 3 is 2.64 bits per heavy atom. The Bertz CT molecular complexity index is 834. The molecule has 1 aliphatic heterocycles. The summed E-state index contributed by atoms with van der Waals surface area (Å²) in [6, 6.07) is 15.4. The summed E-state index contributed by atoms with van der Waals surface area (Å²) in [6.07, 6.45) is 3.19. The number of fused-ring (bicyclic) bond motifs is 1. The van der Waals surface area contributed by atoms with Gasteiger partial charge in [0.1, 0.15) is 0 Å². The fourth-order valence-electron chi connectivity index (χ4n) is 4.15. The molecule has 25 heavy (non-hydrogen) atoms. The minimum Gasteiger partial charge on any atom is -0.312 e. The van der Waals surface area contributed by atoms with Crippen molar-refractivity contribution in [2.45, 2.75) is 25.7 Å². The van der Waals surface area contributed by atoms with Crippen LogP contribution in [0, 0.1) is 5.41 Å². The number of amides is 2. The van der Waals surface area contributed by atoms with E-state index in [2.05, 4.69) is 0 Å². The minimum absolute atomic E-state index is 0.0271. The largest absolute Gasteiger partial charge is 0.312 e. The van der Waals surface area contributed by atoms with E-state index in [1.165, 1.54) is 5.56 Å². The summed E-state index contributed by atoms with van der Waals surface area (Å²) < 4.78 is 0.